The van der Waals surface area contributed by atoms with Gasteiger partial charge < -0.3 is 9.72 Å². The van der Waals surface area contributed by atoms with Crippen molar-refractivity contribution in [2.45, 2.75) is 37.6 Å². The predicted molar refractivity (Wildman–Crippen MR) is 88.4 cm³/mol. The molecule has 2 aromatic rings. The summed E-state index contributed by atoms with van der Waals surface area (Å²) >= 11 is 5.68. The van der Waals surface area contributed by atoms with E-state index in [0.29, 0.717) is 30.1 Å². The first-order valence-electron chi connectivity index (χ1n) is 8.33. The van der Waals surface area contributed by atoms with E-state index in [2.05, 4.69) is 15.1 Å². The molecule has 2 aromatic heterocycles. The molecule has 1 aliphatic heterocycles. The van der Waals surface area contributed by atoms with E-state index in [9.17, 15) is 9.59 Å². The smallest absolute Gasteiger partial charge is 0.262 e. The zero-order chi connectivity index (χ0) is 16.7. The molecule has 128 valence electrons. The number of ether oxygens (including phenoxy) is 1. The molecule has 0 radical (unpaired) electrons. The number of aromatic nitrogens is 4. The SMILES string of the molecule is O=C(CCl)[C@@H]1CC[C@H]1c1nc2c(cnn2C2CCOCC2)c(=O)[nH]1. The second kappa shape index (κ2) is 6.29. The third-order valence-corrected chi connectivity index (χ3v) is 5.45. The molecule has 24 heavy (non-hydrogen) atoms. The van der Waals surface area contributed by atoms with Gasteiger partial charge in [-0.3, -0.25) is 9.59 Å². The van der Waals surface area contributed by atoms with E-state index in [-0.39, 0.29) is 35.1 Å². The van der Waals surface area contributed by atoms with E-state index in [4.69, 9.17) is 16.3 Å². The van der Waals surface area contributed by atoms with Gasteiger partial charge in [-0.2, -0.15) is 5.10 Å². The molecule has 8 heteroatoms. The van der Waals surface area contributed by atoms with E-state index in [1.54, 1.807) is 6.20 Å². The molecule has 2 fully saturated rings. The van der Waals surface area contributed by atoms with Crippen LogP contribution in [0.15, 0.2) is 11.0 Å². The van der Waals surface area contributed by atoms with Crippen molar-refractivity contribution in [3.8, 4) is 0 Å². The fourth-order valence-corrected chi connectivity index (χ4v) is 3.84. The summed E-state index contributed by atoms with van der Waals surface area (Å²) in [6, 6.07) is 0.195. The van der Waals surface area contributed by atoms with E-state index in [0.717, 1.165) is 25.7 Å². The van der Waals surface area contributed by atoms with Crippen molar-refractivity contribution in [2.24, 2.45) is 5.92 Å². The number of alkyl halides is 1. The quantitative estimate of drug-likeness (QED) is 0.849. The number of H-pyrrole nitrogens is 1. The highest BCUT2D eigenvalue weighted by molar-refractivity contribution is 6.28. The van der Waals surface area contributed by atoms with Crippen LogP contribution < -0.4 is 5.56 Å². The summed E-state index contributed by atoms with van der Waals surface area (Å²) in [6.45, 7) is 1.38. The highest BCUT2D eigenvalue weighted by Crippen LogP contribution is 2.41. The van der Waals surface area contributed by atoms with Gasteiger partial charge in [-0.1, -0.05) is 0 Å². The summed E-state index contributed by atoms with van der Waals surface area (Å²) in [7, 11) is 0. The second-order valence-electron chi connectivity index (χ2n) is 6.51. The average Bonchev–Trinajstić information content (AvgIpc) is 2.99. The number of rotatable bonds is 4. The molecule has 0 amide bonds. The van der Waals surface area contributed by atoms with Gasteiger partial charge in [-0.25, -0.2) is 9.67 Å². The third-order valence-electron chi connectivity index (χ3n) is 5.19. The molecule has 7 nitrogen and oxygen atoms in total. The molecule has 2 aliphatic rings. The van der Waals surface area contributed by atoms with Gasteiger partial charge in [0, 0.05) is 25.0 Å². The Morgan fingerprint density at radius 1 is 1.33 bits per heavy atom. The number of hydrogen-bond acceptors (Lipinski definition) is 5. The number of halogens is 1. The fourth-order valence-electron chi connectivity index (χ4n) is 3.64. The zero-order valence-electron chi connectivity index (χ0n) is 13.2. The Morgan fingerprint density at radius 2 is 2.12 bits per heavy atom. The monoisotopic (exact) mass is 350 g/mol. The predicted octanol–water partition coefficient (Wildman–Crippen LogP) is 1.77. The Morgan fingerprint density at radius 3 is 2.79 bits per heavy atom. The van der Waals surface area contributed by atoms with E-state index < -0.39 is 0 Å². The Labute approximate surface area is 143 Å². The third kappa shape index (κ3) is 2.56. The highest BCUT2D eigenvalue weighted by atomic mass is 35.5. The summed E-state index contributed by atoms with van der Waals surface area (Å²) in [5.41, 5.74) is 0.405. The molecule has 4 rings (SSSR count). The number of ketones is 1. The van der Waals surface area contributed by atoms with Gasteiger partial charge >= 0.3 is 0 Å². The molecular weight excluding hydrogens is 332 g/mol. The Bertz CT molecular complexity index is 824. The van der Waals surface area contributed by atoms with Crippen LogP contribution in [0.25, 0.3) is 11.0 Å². The summed E-state index contributed by atoms with van der Waals surface area (Å²) in [5.74, 6) is 0.423. The number of nitrogens with zero attached hydrogens (tertiary/aromatic N) is 3. The van der Waals surface area contributed by atoms with Crippen molar-refractivity contribution in [3.63, 3.8) is 0 Å². The molecule has 0 spiro atoms. The summed E-state index contributed by atoms with van der Waals surface area (Å²) in [4.78, 5) is 31.8. The first-order valence-corrected chi connectivity index (χ1v) is 8.86. The van der Waals surface area contributed by atoms with Crippen LogP contribution in [0.5, 0.6) is 0 Å². The minimum absolute atomic E-state index is 0.00759. The zero-order valence-corrected chi connectivity index (χ0v) is 14.0. The molecule has 1 saturated carbocycles. The number of nitrogens with one attached hydrogen (secondary N) is 1. The molecular formula is C16H19ClN4O3. The van der Waals surface area contributed by atoms with E-state index in [1.807, 2.05) is 4.68 Å². The molecule has 0 aromatic carbocycles. The highest BCUT2D eigenvalue weighted by Gasteiger charge is 2.38. The molecule has 1 N–H and O–H groups in total. The average molecular weight is 351 g/mol. The van der Waals surface area contributed by atoms with Gasteiger partial charge in [0.15, 0.2) is 11.4 Å². The lowest BCUT2D eigenvalue weighted by molar-refractivity contribution is -0.123. The van der Waals surface area contributed by atoms with Crippen LogP contribution >= 0.6 is 11.6 Å². The molecule has 1 saturated heterocycles. The van der Waals surface area contributed by atoms with Gasteiger partial charge in [0.1, 0.15) is 11.2 Å². The van der Waals surface area contributed by atoms with E-state index in [1.165, 1.54) is 0 Å². The molecule has 0 bridgehead atoms. The summed E-state index contributed by atoms with van der Waals surface area (Å²) in [5, 5.41) is 4.88. The number of Topliss-reactive ketones (excluding diaryl/α,β-unsaturated/α-hetero) is 1. The lowest BCUT2D eigenvalue weighted by Gasteiger charge is -2.34. The van der Waals surface area contributed by atoms with Gasteiger partial charge in [-0.05, 0) is 25.7 Å². The minimum atomic E-state index is -0.197. The molecule has 2 atom stereocenters. The molecule has 0 unspecified atom stereocenters. The minimum Gasteiger partial charge on any atom is -0.381 e. The van der Waals surface area contributed by atoms with Crippen LogP contribution in [0.1, 0.15) is 43.5 Å². The Balaban J connectivity index is 1.73. The molecule has 3 heterocycles. The second-order valence-corrected chi connectivity index (χ2v) is 6.78. The van der Waals surface area contributed by atoms with Crippen LogP contribution in [0.3, 0.4) is 0 Å². The standard InChI is InChI=1S/C16H19ClN4O3/c17-7-13(22)10-1-2-11(10)14-19-15-12(16(23)20-14)8-18-21(15)9-3-5-24-6-4-9/h8-11H,1-7H2,(H,19,20,23)/t10-,11-/m1/s1. The van der Waals surface area contributed by atoms with Crippen molar-refractivity contribution in [1.29, 1.82) is 0 Å². The number of fused-ring (bicyclic) bond motifs is 1. The lowest BCUT2D eigenvalue weighted by atomic mass is 9.71. The maximum absolute atomic E-state index is 12.4. The van der Waals surface area contributed by atoms with Crippen LogP contribution in [0.4, 0.5) is 0 Å². The van der Waals surface area contributed by atoms with Gasteiger partial charge in [0.05, 0.1) is 18.1 Å². The fraction of sp³-hybridized carbons (Fsp3) is 0.625. The van der Waals surface area contributed by atoms with Crippen molar-refractivity contribution in [1.82, 2.24) is 19.7 Å². The number of carbonyl (C=O) groups is 1. The van der Waals surface area contributed by atoms with Crippen molar-refractivity contribution < 1.29 is 9.53 Å². The number of aromatic amines is 1. The number of carbonyl (C=O) groups excluding carboxylic acids is 1. The van der Waals surface area contributed by atoms with Gasteiger partial charge in [0.2, 0.25) is 0 Å². The first-order chi connectivity index (χ1) is 11.7. The van der Waals surface area contributed by atoms with Crippen molar-refractivity contribution in [2.75, 3.05) is 19.1 Å². The Hall–Kier alpha value is -1.73. The maximum Gasteiger partial charge on any atom is 0.262 e. The van der Waals surface area contributed by atoms with Crippen molar-refractivity contribution in [3.05, 3.63) is 22.4 Å². The number of hydrogen-bond donors (Lipinski definition) is 1. The summed E-state index contributed by atoms with van der Waals surface area (Å²) in [6.07, 6.45) is 4.93. The van der Waals surface area contributed by atoms with Crippen LogP contribution in [-0.2, 0) is 9.53 Å². The lowest BCUT2D eigenvalue weighted by Crippen LogP contribution is -2.34. The van der Waals surface area contributed by atoms with Crippen LogP contribution in [0, 0.1) is 5.92 Å². The van der Waals surface area contributed by atoms with Gasteiger partial charge in [0.25, 0.3) is 5.56 Å². The maximum atomic E-state index is 12.4. The van der Waals surface area contributed by atoms with E-state index >= 15 is 0 Å². The van der Waals surface area contributed by atoms with Crippen LogP contribution in [0.2, 0.25) is 0 Å². The summed E-state index contributed by atoms with van der Waals surface area (Å²) < 4.78 is 7.24. The van der Waals surface area contributed by atoms with Crippen molar-refractivity contribution >= 4 is 28.4 Å². The Kier molecular flexibility index (Phi) is 4.14. The van der Waals surface area contributed by atoms with Crippen LogP contribution in [-0.4, -0.2) is 44.6 Å². The normalized spacial score (nSPS) is 24.9. The largest absolute Gasteiger partial charge is 0.381 e. The van der Waals surface area contributed by atoms with Gasteiger partial charge in [-0.15, -0.1) is 11.6 Å². The molecule has 1 aliphatic carbocycles. The topological polar surface area (TPSA) is 89.9 Å². The first kappa shape index (κ1) is 15.8.